The van der Waals surface area contributed by atoms with Gasteiger partial charge in [0.05, 0.1) is 6.42 Å². The Labute approximate surface area is 179 Å². The van der Waals surface area contributed by atoms with E-state index in [0.717, 1.165) is 30.3 Å². The first kappa shape index (κ1) is 21.9. The molecule has 1 heterocycles. The van der Waals surface area contributed by atoms with Crippen LogP contribution in [0.4, 0.5) is 11.4 Å². The van der Waals surface area contributed by atoms with Crippen LogP contribution in [-0.2, 0) is 16.0 Å². The Kier molecular flexibility index (Phi) is 7.50. The van der Waals surface area contributed by atoms with Crippen LogP contribution < -0.4 is 15.5 Å². The largest absolute Gasteiger partial charge is 0.372 e. The molecule has 0 radical (unpaired) electrons. The summed E-state index contributed by atoms with van der Waals surface area (Å²) in [6, 6.07) is 17.0. The van der Waals surface area contributed by atoms with E-state index in [-0.39, 0.29) is 24.2 Å². The highest BCUT2D eigenvalue weighted by Crippen LogP contribution is 2.24. The van der Waals surface area contributed by atoms with Crippen molar-refractivity contribution in [2.24, 2.45) is 11.8 Å². The fourth-order valence-electron chi connectivity index (χ4n) is 3.78. The minimum Gasteiger partial charge on any atom is -0.372 e. The number of rotatable bonds is 7. The summed E-state index contributed by atoms with van der Waals surface area (Å²) in [6.07, 6.45) is 2.70. The predicted octanol–water partition coefficient (Wildman–Crippen LogP) is 4.24. The smallest absolute Gasteiger partial charge is 0.247 e. The van der Waals surface area contributed by atoms with Gasteiger partial charge in [-0.25, -0.2) is 0 Å². The maximum absolute atomic E-state index is 12.8. The Morgan fingerprint density at radius 1 is 1.00 bits per heavy atom. The molecule has 1 aliphatic heterocycles. The normalized spacial score (nSPS) is 15.7. The van der Waals surface area contributed by atoms with Crippen molar-refractivity contribution in [3.05, 3.63) is 60.2 Å². The van der Waals surface area contributed by atoms with Crippen molar-refractivity contribution in [3.63, 3.8) is 0 Å². The molecule has 3 rings (SSSR count). The van der Waals surface area contributed by atoms with Gasteiger partial charge in [-0.3, -0.25) is 9.59 Å². The number of nitrogens with zero attached hydrogens (tertiary/aromatic N) is 1. The third-order valence-electron chi connectivity index (χ3n) is 5.76. The molecular weight excluding hydrogens is 374 g/mol. The Morgan fingerprint density at radius 2 is 1.63 bits per heavy atom. The second-order valence-corrected chi connectivity index (χ2v) is 8.66. The van der Waals surface area contributed by atoms with Gasteiger partial charge < -0.3 is 15.5 Å². The van der Waals surface area contributed by atoms with Crippen LogP contribution in [0.3, 0.4) is 0 Å². The molecule has 5 heteroatoms. The predicted molar refractivity (Wildman–Crippen MR) is 123 cm³/mol. The Bertz CT molecular complexity index is 825. The highest BCUT2D eigenvalue weighted by molar-refractivity contribution is 5.97. The van der Waals surface area contributed by atoms with E-state index in [4.69, 9.17) is 0 Å². The highest BCUT2D eigenvalue weighted by Gasteiger charge is 2.24. The zero-order valence-electron chi connectivity index (χ0n) is 18.2. The summed E-state index contributed by atoms with van der Waals surface area (Å²) in [5.74, 6) is 0.444. The number of piperidine rings is 1. The van der Waals surface area contributed by atoms with Crippen LogP contribution in [0.1, 0.15) is 39.2 Å². The van der Waals surface area contributed by atoms with Crippen molar-refractivity contribution >= 4 is 23.2 Å². The number of nitrogens with one attached hydrogen (secondary N) is 2. The molecule has 1 saturated heterocycles. The molecule has 30 heavy (non-hydrogen) atoms. The van der Waals surface area contributed by atoms with Gasteiger partial charge in [0.2, 0.25) is 11.8 Å². The van der Waals surface area contributed by atoms with Gasteiger partial charge in [-0.05, 0) is 54.5 Å². The average molecular weight is 408 g/mol. The maximum atomic E-state index is 12.8. The van der Waals surface area contributed by atoms with Crippen LogP contribution in [0.5, 0.6) is 0 Å². The number of carbonyl (C=O) groups is 2. The number of benzene rings is 2. The molecule has 2 aromatic carbocycles. The van der Waals surface area contributed by atoms with Crippen molar-refractivity contribution in [1.29, 1.82) is 0 Å². The molecule has 2 amide bonds. The zero-order chi connectivity index (χ0) is 21.5. The van der Waals surface area contributed by atoms with Crippen molar-refractivity contribution in [2.75, 3.05) is 23.3 Å². The molecule has 160 valence electrons. The van der Waals surface area contributed by atoms with Crippen LogP contribution in [0.2, 0.25) is 0 Å². The fourth-order valence-corrected chi connectivity index (χ4v) is 3.78. The first-order valence-corrected chi connectivity index (χ1v) is 10.9. The maximum Gasteiger partial charge on any atom is 0.247 e. The van der Waals surface area contributed by atoms with E-state index in [1.807, 2.05) is 56.3 Å². The van der Waals surface area contributed by atoms with Gasteiger partial charge in [0.1, 0.15) is 6.04 Å². The summed E-state index contributed by atoms with van der Waals surface area (Å²) in [6.45, 7) is 8.34. The van der Waals surface area contributed by atoms with E-state index in [0.29, 0.717) is 0 Å². The molecule has 0 spiro atoms. The molecule has 1 fully saturated rings. The number of carbonyl (C=O) groups excluding carboxylic acids is 2. The Balaban J connectivity index is 1.57. The standard InChI is InChI=1S/C25H33N3O2/c1-18(2)24(27-23(29)17-20-7-5-4-6-8-20)25(30)26-21-9-11-22(12-10-21)28-15-13-19(3)14-16-28/h4-12,18-19,24H,13-17H2,1-3H3,(H,26,30)(H,27,29). The molecule has 2 N–H and O–H groups in total. The lowest BCUT2D eigenvalue weighted by Crippen LogP contribution is -2.47. The Morgan fingerprint density at radius 3 is 2.23 bits per heavy atom. The van der Waals surface area contributed by atoms with Crippen molar-refractivity contribution in [3.8, 4) is 0 Å². The second-order valence-electron chi connectivity index (χ2n) is 8.66. The lowest BCUT2D eigenvalue weighted by molar-refractivity contribution is -0.127. The minimum absolute atomic E-state index is 0.0145. The van der Waals surface area contributed by atoms with Crippen LogP contribution in [-0.4, -0.2) is 30.9 Å². The topological polar surface area (TPSA) is 61.4 Å². The monoisotopic (exact) mass is 407 g/mol. The Hall–Kier alpha value is -2.82. The average Bonchev–Trinajstić information content (AvgIpc) is 2.73. The molecule has 2 aromatic rings. The second kappa shape index (κ2) is 10.3. The van der Waals surface area contributed by atoms with Crippen molar-refractivity contribution in [1.82, 2.24) is 5.32 Å². The van der Waals surface area contributed by atoms with Gasteiger partial charge in [-0.1, -0.05) is 51.1 Å². The molecule has 1 aliphatic rings. The quantitative estimate of drug-likeness (QED) is 0.721. The van der Waals surface area contributed by atoms with E-state index in [2.05, 4.69) is 34.6 Å². The SMILES string of the molecule is CC1CCN(c2ccc(NC(=O)C(NC(=O)Cc3ccccc3)C(C)C)cc2)CC1. The van der Waals surface area contributed by atoms with E-state index in [9.17, 15) is 9.59 Å². The van der Waals surface area contributed by atoms with Crippen LogP contribution in [0.15, 0.2) is 54.6 Å². The van der Waals surface area contributed by atoms with Gasteiger partial charge in [0.15, 0.2) is 0 Å². The highest BCUT2D eigenvalue weighted by atomic mass is 16.2. The van der Waals surface area contributed by atoms with Crippen LogP contribution in [0.25, 0.3) is 0 Å². The van der Waals surface area contributed by atoms with Gasteiger partial charge in [-0.2, -0.15) is 0 Å². The molecular formula is C25H33N3O2. The molecule has 5 nitrogen and oxygen atoms in total. The van der Waals surface area contributed by atoms with Gasteiger partial charge in [0.25, 0.3) is 0 Å². The third kappa shape index (κ3) is 6.09. The van der Waals surface area contributed by atoms with E-state index in [1.54, 1.807) is 0 Å². The first-order chi connectivity index (χ1) is 14.4. The molecule has 0 bridgehead atoms. The molecule has 1 atom stereocenters. The molecule has 0 saturated carbocycles. The van der Waals surface area contributed by atoms with Crippen LogP contribution >= 0.6 is 0 Å². The lowest BCUT2D eigenvalue weighted by atomic mass is 9.99. The van der Waals surface area contributed by atoms with Gasteiger partial charge in [-0.15, -0.1) is 0 Å². The summed E-state index contributed by atoms with van der Waals surface area (Å²) >= 11 is 0. The summed E-state index contributed by atoms with van der Waals surface area (Å²) in [5.41, 5.74) is 2.87. The summed E-state index contributed by atoms with van der Waals surface area (Å²) in [7, 11) is 0. The number of hydrogen-bond acceptors (Lipinski definition) is 3. The number of amides is 2. The van der Waals surface area contributed by atoms with E-state index < -0.39 is 6.04 Å². The summed E-state index contributed by atoms with van der Waals surface area (Å²) < 4.78 is 0. The lowest BCUT2D eigenvalue weighted by Gasteiger charge is -2.32. The third-order valence-corrected chi connectivity index (χ3v) is 5.76. The van der Waals surface area contributed by atoms with Crippen molar-refractivity contribution in [2.45, 2.75) is 46.1 Å². The summed E-state index contributed by atoms with van der Waals surface area (Å²) in [4.78, 5) is 27.7. The van der Waals surface area contributed by atoms with E-state index in [1.165, 1.54) is 18.5 Å². The number of anilines is 2. The van der Waals surface area contributed by atoms with Gasteiger partial charge >= 0.3 is 0 Å². The molecule has 0 aliphatic carbocycles. The molecule has 0 aromatic heterocycles. The van der Waals surface area contributed by atoms with E-state index >= 15 is 0 Å². The first-order valence-electron chi connectivity index (χ1n) is 10.9. The van der Waals surface area contributed by atoms with Crippen LogP contribution in [0, 0.1) is 11.8 Å². The van der Waals surface area contributed by atoms with Crippen molar-refractivity contribution < 1.29 is 9.59 Å². The summed E-state index contributed by atoms with van der Waals surface area (Å²) in [5, 5.41) is 5.85. The number of hydrogen-bond donors (Lipinski definition) is 2. The minimum atomic E-state index is -0.579. The molecule has 1 unspecified atom stereocenters. The zero-order valence-corrected chi connectivity index (χ0v) is 18.2. The fraction of sp³-hybridized carbons (Fsp3) is 0.440. The van der Waals surface area contributed by atoms with Gasteiger partial charge in [0, 0.05) is 24.5 Å².